The molecular formula is C35H39FN4O7. The number of aryl methyl sites for hydroxylation is 1. The molecular weight excluding hydrogens is 607 g/mol. The molecule has 1 heterocycles. The molecule has 4 N–H and O–H groups in total. The maximum absolute atomic E-state index is 14.5. The fourth-order valence-corrected chi connectivity index (χ4v) is 5.04. The first-order chi connectivity index (χ1) is 22.1. The molecule has 0 saturated heterocycles. The summed E-state index contributed by atoms with van der Waals surface area (Å²) in [5.74, 6) is -1.86. The first-order valence-electron chi connectivity index (χ1n) is 15.0. The number of hydrogen-bond acceptors (Lipinski definition) is 7. The summed E-state index contributed by atoms with van der Waals surface area (Å²) in [7, 11) is 1.49. The lowest BCUT2D eigenvalue weighted by atomic mass is 9.93. The summed E-state index contributed by atoms with van der Waals surface area (Å²) in [6, 6.07) is 15.0. The number of benzene rings is 3. The Bertz CT molecular complexity index is 1850. The molecule has 0 aliphatic heterocycles. The van der Waals surface area contributed by atoms with E-state index < -0.39 is 35.6 Å². The van der Waals surface area contributed by atoms with Crippen molar-refractivity contribution < 1.29 is 33.4 Å². The maximum Gasteiger partial charge on any atom is 0.411 e. The van der Waals surface area contributed by atoms with Gasteiger partial charge in [-0.05, 0) is 86.2 Å². The molecule has 2 atom stereocenters. The van der Waals surface area contributed by atoms with Gasteiger partial charge in [0.05, 0.1) is 13.2 Å². The van der Waals surface area contributed by atoms with Crippen LogP contribution in [0.2, 0.25) is 0 Å². The number of H-pyrrole nitrogens is 1. The predicted molar refractivity (Wildman–Crippen MR) is 177 cm³/mol. The maximum atomic E-state index is 14.5. The molecule has 0 bridgehead atoms. The van der Waals surface area contributed by atoms with Crippen molar-refractivity contribution in [2.24, 2.45) is 0 Å². The second-order valence-electron chi connectivity index (χ2n) is 12.4. The Morgan fingerprint density at radius 3 is 2.43 bits per heavy atom. The fourth-order valence-electron chi connectivity index (χ4n) is 5.04. The van der Waals surface area contributed by atoms with E-state index in [2.05, 4.69) is 15.6 Å². The Morgan fingerprint density at radius 1 is 1.02 bits per heavy atom. The summed E-state index contributed by atoms with van der Waals surface area (Å²) in [6.45, 7) is 8.87. The number of amides is 2. The number of carbonyl (C=O) groups is 3. The molecule has 3 aromatic carbocycles. The van der Waals surface area contributed by atoms with Gasteiger partial charge in [-0.3, -0.25) is 10.1 Å². The summed E-state index contributed by atoms with van der Waals surface area (Å²) < 4.78 is 25.2. The van der Waals surface area contributed by atoms with Crippen molar-refractivity contribution in [2.75, 3.05) is 24.3 Å². The van der Waals surface area contributed by atoms with Crippen molar-refractivity contribution in [3.05, 3.63) is 105 Å². The Kier molecular flexibility index (Phi) is 10.5. The molecule has 0 spiro atoms. The number of rotatable bonds is 10. The fraction of sp³-hybridized carbons (Fsp3) is 0.314. The number of nitrogens with zero attached hydrogens (tertiary/aromatic N) is 1. The van der Waals surface area contributed by atoms with Crippen LogP contribution in [0.5, 0.6) is 0 Å². The van der Waals surface area contributed by atoms with Gasteiger partial charge >= 0.3 is 18.2 Å². The number of fused-ring (bicyclic) bond motifs is 1. The van der Waals surface area contributed by atoms with Crippen LogP contribution in [-0.2, 0) is 20.8 Å². The number of aromatic amines is 1. The molecule has 2 amide bonds. The van der Waals surface area contributed by atoms with Crippen LogP contribution in [0.4, 0.5) is 25.4 Å². The first kappa shape index (κ1) is 34.5. The van der Waals surface area contributed by atoms with E-state index in [1.54, 1.807) is 69.4 Å². The number of carbonyl (C=O) groups excluding carboxylic acids is 2. The number of carboxylic acids is 1. The monoisotopic (exact) mass is 646 g/mol. The zero-order valence-corrected chi connectivity index (χ0v) is 27.1. The van der Waals surface area contributed by atoms with Gasteiger partial charge in [-0.2, -0.15) is 0 Å². The van der Waals surface area contributed by atoms with Crippen molar-refractivity contribution in [1.82, 2.24) is 9.88 Å². The minimum Gasteiger partial charge on any atom is -0.479 e. The standard InChI is InChI=1S/C35H39FN4O7/c1-20-15-23(30(32(42)43)38-26-9-7-22-13-14-37-31(41)28(22)17-26)8-11-27(20)21(2)19-46-33(44)39-25-10-12-29(36)24(16-25)18-40(6)34(45)47-35(3,4)5/h7-17,21,30,38H,18-19H2,1-6H3,(H,37,41)(H,39,44)(H,42,43)/t21-,30?/m0/s1. The zero-order valence-electron chi connectivity index (χ0n) is 27.1. The third-order valence-electron chi connectivity index (χ3n) is 7.36. The molecule has 4 rings (SSSR count). The van der Waals surface area contributed by atoms with Crippen molar-refractivity contribution in [2.45, 2.75) is 58.7 Å². The number of halogens is 1. The van der Waals surface area contributed by atoms with Crippen LogP contribution < -0.4 is 16.2 Å². The van der Waals surface area contributed by atoms with E-state index in [0.717, 1.165) is 16.5 Å². The molecule has 12 heteroatoms. The predicted octanol–water partition coefficient (Wildman–Crippen LogP) is 6.93. The molecule has 0 aliphatic carbocycles. The van der Waals surface area contributed by atoms with Gasteiger partial charge in [0, 0.05) is 41.5 Å². The SMILES string of the molecule is Cc1cc(C(Nc2ccc3cc[nH]c(=O)c3c2)C(=O)O)ccc1[C@@H](C)COC(=O)Nc1ccc(F)c(CN(C)C(=O)OC(C)(C)C)c1. The summed E-state index contributed by atoms with van der Waals surface area (Å²) in [5, 5.41) is 16.8. The van der Waals surface area contributed by atoms with Gasteiger partial charge in [0.25, 0.3) is 5.56 Å². The van der Waals surface area contributed by atoms with Crippen molar-refractivity contribution in [3.8, 4) is 0 Å². The molecule has 0 fully saturated rings. The molecule has 248 valence electrons. The first-order valence-corrected chi connectivity index (χ1v) is 15.0. The number of hydrogen-bond donors (Lipinski definition) is 4. The number of nitrogens with one attached hydrogen (secondary N) is 3. The van der Waals surface area contributed by atoms with Crippen molar-refractivity contribution >= 4 is 40.3 Å². The highest BCUT2D eigenvalue weighted by Gasteiger charge is 2.23. The lowest BCUT2D eigenvalue weighted by Gasteiger charge is -2.25. The molecule has 0 radical (unpaired) electrons. The molecule has 1 unspecified atom stereocenters. The zero-order chi connectivity index (χ0) is 34.5. The number of pyridine rings is 1. The van der Waals surface area contributed by atoms with E-state index in [-0.39, 0.29) is 30.2 Å². The summed E-state index contributed by atoms with van der Waals surface area (Å²) >= 11 is 0. The smallest absolute Gasteiger partial charge is 0.411 e. The van der Waals surface area contributed by atoms with Gasteiger partial charge < -0.3 is 29.8 Å². The minimum atomic E-state index is -1.09. The Morgan fingerprint density at radius 2 is 1.74 bits per heavy atom. The lowest BCUT2D eigenvalue weighted by Crippen LogP contribution is -2.34. The van der Waals surface area contributed by atoms with E-state index in [1.807, 2.05) is 13.8 Å². The third kappa shape index (κ3) is 9.09. The summed E-state index contributed by atoms with van der Waals surface area (Å²) in [4.78, 5) is 53.2. The Labute approximate surface area is 271 Å². The van der Waals surface area contributed by atoms with Crippen molar-refractivity contribution in [3.63, 3.8) is 0 Å². The van der Waals surface area contributed by atoms with Crippen LogP contribution in [0, 0.1) is 12.7 Å². The van der Waals surface area contributed by atoms with E-state index >= 15 is 0 Å². The van der Waals surface area contributed by atoms with Crippen LogP contribution in [0.1, 0.15) is 61.9 Å². The van der Waals surface area contributed by atoms with E-state index in [9.17, 15) is 28.7 Å². The lowest BCUT2D eigenvalue weighted by molar-refractivity contribution is -0.138. The van der Waals surface area contributed by atoms with E-state index in [0.29, 0.717) is 22.3 Å². The van der Waals surface area contributed by atoms with Crippen molar-refractivity contribution in [1.29, 1.82) is 0 Å². The highest BCUT2D eigenvalue weighted by Crippen LogP contribution is 2.27. The van der Waals surface area contributed by atoms with E-state index in [4.69, 9.17) is 9.47 Å². The highest BCUT2D eigenvalue weighted by atomic mass is 19.1. The molecule has 1 aromatic heterocycles. The largest absolute Gasteiger partial charge is 0.479 e. The van der Waals surface area contributed by atoms with Gasteiger partial charge in [-0.25, -0.2) is 18.8 Å². The van der Waals surface area contributed by atoms with Crippen LogP contribution in [0.3, 0.4) is 0 Å². The van der Waals surface area contributed by atoms with Gasteiger partial charge in [0.2, 0.25) is 0 Å². The van der Waals surface area contributed by atoms with Crippen LogP contribution in [-0.4, -0.2) is 52.4 Å². The minimum absolute atomic E-state index is 0.0215. The molecule has 11 nitrogen and oxygen atoms in total. The Hall–Kier alpha value is -5.39. The molecule has 47 heavy (non-hydrogen) atoms. The average Bonchev–Trinajstić information content (AvgIpc) is 2.99. The van der Waals surface area contributed by atoms with Gasteiger partial charge in [-0.1, -0.05) is 31.2 Å². The van der Waals surface area contributed by atoms with Gasteiger partial charge in [0.15, 0.2) is 6.04 Å². The average molecular weight is 647 g/mol. The highest BCUT2D eigenvalue weighted by molar-refractivity contribution is 5.87. The van der Waals surface area contributed by atoms with Crippen LogP contribution >= 0.6 is 0 Å². The molecule has 0 aliphatic rings. The Balaban J connectivity index is 1.37. The second-order valence-corrected chi connectivity index (χ2v) is 12.4. The van der Waals surface area contributed by atoms with Gasteiger partial charge in [-0.15, -0.1) is 0 Å². The van der Waals surface area contributed by atoms with Gasteiger partial charge in [0.1, 0.15) is 11.4 Å². The van der Waals surface area contributed by atoms with E-state index in [1.165, 1.54) is 30.1 Å². The normalized spacial score (nSPS) is 12.6. The summed E-state index contributed by atoms with van der Waals surface area (Å²) in [6.07, 6.45) is 0.205. The van der Waals surface area contributed by atoms with Crippen LogP contribution in [0.25, 0.3) is 10.8 Å². The quantitative estimate of drug-likeness (QED) is 0.145. The topological polar surface area (TPSA) is 150 Å². The number of ether oxygens (including phenoxy) is 2. The molecule has 0 saturated carbocycles. The second kappa shape index (κ2) is 14.4. The number of carboxylic acid groups (broad SMARTS) is 1. The van der Waals surface area contributed by atoms with Crippen LogP contribution in [0.15, 0.2) is 71.7 Å². The number of anilines is 2. The summed E-state index contributed by atoms with van der Waals surface area (Å²) in [5.41, 5.74) is 2.17. The number of aromatic nitrogens is 1. The number of aliphatic carboxylic acids is 1. The molecule has 4 aromatic rings. The third-order valence-corrected chi connectivity index (χ3v) is 7.36.